The molecule has 4 heterocycles. The molecule has 0 saturated carbocycles. The van der Waals surface area contributed by atoms with Crippen LogP contribution in [-0.2, 0) is 47.1 Å². The summed E-state index contributed by atoms with van der Waals surface area (Å²) in [6, 6.07) is 20.6. The number of aryl methyl sites for hydroxylation is 1. The first-order chi connectivity index (χ1) is 32.2. The lowest BCUT2D eigenvalue weighted by molar-refractivity contribution is -0.138. The zero-order chi connectivity index (χ0) is 47.7. The van der Waals surface area contributed by atoms with Crippen molar-refractivity contribution in [2.24, 2.45) is 0 Å². The number of rotatable bonds is 23. The molecular formula is C50H59N7O10. The molecule has 3 aliphatic heterocycles. The molecule has 7 rings (SSSR count). The first kappa shape index (κ1) is 48.5. The molecule has 1 aromatic heterocycles. The second kappa shape index (κ2) is 21.9. The van der Waals surface area contributed by atoms with Crippen LogP contribution in [0.2, 0.25) is 0 Å². The third-order valence-corrected chi connectivity index (χ3v) is 12.5. The van der Waals surface area contributed by atoms with Crippen molar-refractivity contribution >= 4 is 47.0 Å². The van der Waals surface area contributed by atoms with Gasteiger partial charge in [-0.15, -0.1) is 0 Å². The number of amides is 6. The minimum Gasteiger partial charge on any atom is -0.379 e. The highest BCUT2D eigenvalue weighted by molar-refractivity contribution is 6.24. The lowest BCUT2D eigenvalue weighted by atomic mass is 9.93. The van der Waals surface area contributed by atoms with Gasteiger partial charge in [-0.05, 0) is 83.0 Å². The normalized spacial score (nSPS) is 16.9. The number of benzene rings is 3. The van der Waals surface area contributed by atoms with E-state index in [4.69, 9.17) is 14.2 Å². The van der Waals surface area contributed by atoms with E-state index in [-0.39, 0.29) is 48.3 Å². The van der Waals surface area contributed by atoms with E-state index in [2.05, 4.69) is 37.9 Å². The number of ketones is 1. The van der Waals surface area contributed by atoms with Crippen LogP contribution in [0.5, 0.6) is 0 Å². The van der Waals surface area contributed by atoms with Crippen LogP contribution >= 0.6 is 0 Å². The summed E-state index contributed by atoms with van der Waals surface area (Å²) in [6.07, 6.45) is 2.41. The van der Waals surface area contributed by atoms with Gasteiger partial charge in [0.1, 0.15) is 6.04 Å². The number of carbonyl (C=O) groups is 7. The van der Waals surface area contributed by atoms with Crippen molar-refractivity contribution < 1.29 is 47.8 Å². The number of Topliss-reactive ketones (excluding diaryl/α,β-unsaturated/α-hetero) is 1. The SMILES string of the molecule is CN(C)C[C@@H](CC(=O)N1Cc2c(NC(=O)c3ccc(C(=O)CCCOCCOCCOCCCc4cccc5c4C(=O)N(C4CCC(=O)NC4=O)C5=O)cc3)n[nH]c2C1(C)C)c1ccccc1. The number of aromatic nitrogens is 2. The fourth-order valence-corrected chi connectivity index (χ4v) is 8.96. The average Bonchev–Trinajstić information content (AvgIpc) is 3.93. The van der Waals surface area contributed by atoms with E-state index in [1.807, 2.05) is 51.0 Å². The summed E-state index contributed by atoms with van der Waals surface area (Å²) < 4.78 is 16.9. The summed E-state index contributed by atoms with van der Waals surface area (Å²) in [6.45, 7) is 7.23. The van der Waals surface area contributed by atoms with Gasteiger partial charge in [0.15, 0.2) is 11.6 Å². The first-order valence-electron chi connectivity index (χ1n) is 22.8. The number of nitrogens with zero attached hydrogens (tertiary/aromatic N) is 4. The van der Waals surface area contributed by atoms with Gasteiger partial charge in [-0.25, -0.2) is 0 Å². The Morgan fingerprint density at radius 3 is 2.19 bits per heavy atom. The second-order valence-electron chi connectivity index (χ2n) is 17.8. The van der Waals surface area contributed by atoms with Crippen LogP contribution < -0.4 is 10.6 Å². The fraction of sp³-hybridized carbons (Fsp3) is 0.440. The molecule has 0 spiro atoms. The van der Waals surface area contributed by atoms with Crippen LogP contribution in [0.1, 0.15) is 122 Å². The van der Waals surface area contributed by atoms with Gasteiger partial charge < -0.3 is 29.3 Å². The number of aromatic amines is 1. The summed E-state index contributed by atoms with van der Waals surface area (Å²) >= 11 is 0. The molecule has 3 aliphatic rings. The Hall–Kier alpha value is -6.40. The molecule has 1 unspecified atom stereocenters. The maximum Gasteiger partial charge on any atom is 0.262 e. The standard InChI is InChI=1S/C50H59N7O10/c1-50(2)44-38(31-56(50)42(60)29-36(30-55(3)4)32-11-6-5-7-12-32)45(54-53-44)52-46(61)35-19-17-33(18-20-35)40(58)16-10-24-66-26-28-67-27-25-65-23-9-14-34-13-8-15-37-43(34)49(64)57(48(37)63)39-21-22-41(59)51-47(39)62/h5-8,11-13,15,17-20,36,39H,9-10,14,16,21-31H2,1-4H3,(H,51,59,62)(H2,52,53,54,61)/t36-,39?/m1/s1. The van der Waals surface area contributed by atoms with E-state index in [0.29, 0.717) is 99.9 Å². The molecule has 3 N–H and O–H groups in total. The quantitative estimate of drug-likeness (QED) is 0.0509. The molecule has 6 amide bonds. The molecule has 67 heavy (non-hydrogen) atoms. The smallest absolute Gasteiger partial charge is 0.262 e. The zero-order valence-corrected chi connectivity index (χ0v) is 38.6. The molecule has 1 fully saturated rings. The highest BCUT2D eigenvalue weighted by Gasteiger charge is 2.46. The molecule has 17 heteroatoms. The molecular weight excluding hydrogens is 859 g/mol. The van der Waals surface area contributed by atoms with E-state index >= 15 is 0 Å². The minimum absolute atomic E-state index is 0.0206. The molecule has 1 saturated heterocycles. The summed E-state index contributed by atoms with van der Waals surface area (Å²) in [5, 5.41) is 12.6. The lowest BCUT2D eigenvalue weighted by Gasteiger charge is -2.33. The fourth-order valence-electron chi connectivity index (χ4n) is 8.96. The zero-order valence-electron chi connectivity index (χ0n) is 38.6. The number of carbonyl (C=O) groups excluding carboxylic acids is 7. The number of imide groups is 2. The minimum atomic E-state index is -1.01. The number of hydrogen-bond donors (Lipinski definition) is 3. The van der Waals surface area contributed by atoms with E-state index in [1.165, 1.54) is 0 Å². The van der Waals surface area contributed by atoms with E-state index < -0.39 is 35.2 Å². The number of fused-ring (bicyclic) bond motifs is 2. The predicted molar refractivity (Wildman–Crippen MR) is 246 cm³/mol. The van der Waals surface area contributed by atoms with Crippen molar-refractivity contribution in [1.29, 1.82) is 0 Å². The van der Waals surface area contributed by atoms with E-state index in [1.54, 1.807) is 42.5 Å². The number of H-pyrrole nitrogens is 1. The molecule has 0 aliphatic carbocycles. The van der Waals surface area contributed by atoms with Crippen LogP contribution in [0.25, 0.3) is 0 Å². The van der Waals surface area contributed by atoms with Gasteiger partial charge >= 0.3 is 0 Å². The number of likely N-dealkylation sites (N-methyl/N-ethyl adjacent to an activating group) is 1. The maximum atomic E-state index is 13.8. The Bertz CT molecular complexity index is 2470. The number of ether oxygens (including phenoxy) is 3. The molecule has 4 aromatic rings. The summed E-state index contributed by atoms with van der Waals surface area (Å²) in [4.78, 5) is 95.3. The van der Waals surface area contributed by atoms with Crippen molar-refractivity contribution in [2.75, 3.05) is 65.6 Å². The highest BCUT2D eigenvalue weighted by Crippen LogP contribution is 2.42. The Morgan fingerprint density at radius 2 is 1.51 bits per heavy atom. The largest absolute Gasteiger partial charge is 0.379 e. The van der Waals surface area contributed by atoms with Gasteiger partial charge in [-0.2, -0.15) is 5.10 Å². The Morgan fingerprint density at radius 1 is 0.836 bits per heavy atom. The number of piperidine rings is 1. The molecule has 0 radical (unpaired) electrons. The van der Waals surface area contributed by atoms with Crippen molar-refractivity contribution in [3.05, 3.63) is 117 Å². The van der Waals surface area contributed by atoms with Crippen LogP contribution in [0.3, 0.4) is 0 Å². The number of anilines is 1. The predicted octanol–water partition coefficient (Wildman–Crippen LogP) is 5.02. The van der Waals surface area contributed by atoms with Crippen molar-refractivity contribution in [2.45, 2.75) is 82.8 Å². The van der Waals surface area contributed by atoms with Crippen LogP contribution in [0.4, 0.5) is 5.82 Å². The van der Waals surface area contributed by atoms with E-state index in [9.17, 15) is 33.6 Å². The van der Waals surface area contributed by atoms with Gasteiger partial charge in [0.05, 0.1) is 55.3 Å². The van der Waals surface area contributed by atoms with Crippen molar-refractivity contribution in [3.8, 4) is 0 Å². The van der Waals surface area contributed by atoms with Gasteiger partial charge in [-0.1, -0.05) is 54.6 Å². The number of hydrogen-bond acceptors (Lipinski definition) is 12. The van der Waals surface area contributed by atoms with Gasteiger partial charge in [0, 0.05) is 61.6 Å². The van der Waals surface area contributed by atoms with Gasteiger partial charge in [0.2, 0.25) is 17.7 Å². The summed E-state index contributed by atoms with van der Waals surface area (Å²) in [5.41, 5.74) is 4.14. The lowest BCUT2D eigenvalue weighted by Crippen LogP contribution is -2.54. The van der Waals surface area contributed by atoms with Crippen LogP contribution in [-0.4, -0.2) is 132 Å². The molecule has 17 nitrogen and oxygen atoms in total. The van der Waals surface area contributed by atoms with Crippen molar-refractivity contribution in [1.82, 2.24) is 30.2 Å². The Balaban J connectivity index is 0.755. The van der Waals surface area contributed by atoms with Crippen LogP contribution in [0, 0.1) is 0 Å². The van der Waals surface area contributed by atoms with Crippen LogP contribution in [0.15, 0.2) is 72.8 Å². The molecule has 354 valence electrons. The maximum absolute atomic E-state index is 13.8. The van der Waals surface area contributed by atoms with Gasteiger partial charge in [0.25, 0.3) is 17.7 Å². The molecule has 2 atom stereocenters. The van der Waals surface area contributed by atoms with Gasteiger partial charge in [-0.3, -0.25) is 48.9 Å². The second-order valence-corrected chi connectivity index (χ2v) is 17.8. The first-order valence-corrected chi connectivity index (χ1v) is 22.8. The summed E-state index contributed by atoms with van der Waals surface area (Å²) in [5.74, 6) is -2.12. The number of nitrogens with one attached hydrogen (secondary N) is 3. The monoisotopic (exact) mass is 917 g/mol. The average molecular weight is 918 g/mol. The Labute approximate surface area is 389 Å². The molecule has 3 aromatic carbocycles. The topological polar surface area (TPSA) is 210 Å². The third-order valence-electron chi connectivity index (χ3n) is 12.5. The Kier molecular flexibility index (Phi) is 15.9. The highest BCUT2D eigenvalue weighted by atomic mass is 16.5. The van der Waals surface area contributed by atoms with Crippen molar-refractivity contribution in [3.63, 3.8) is 0 Å². The molecule has 0 bridgehead atoms. The third kappa shape index (κ3) is 11.4. The summed E-state index contributed by atoms with van der Waals surface area (Å²) in [7, 11) is 4.00. The van der Waals surface area contributed by atoms with E-state index in [0.717, 1.165) is 28.3 Å².